The molecular formula is C13H21ClN4O. The summed E-state index contributed by atoms with van der Waals surface area (Å²) in [7, 11) is 1.87. The van der Waals surface area contributed by atoms with E-state index in [2.05, 4.69) is 10.4 Å². The summed E-state index contributed by atoms with van der Waals surface area (Å²) in [4.78, 5) is 14.5. The zero-order valence-corrected chi connectivity index (χ0v) is 12.2. The van der Waals surface area contributed by atoms with Crippen LogP contribution in [0.1, 0.15) is 28.9 Å². The van der Waals surface area contributed by atoms with Crippen LogP contribution in [0.15, 0.2) is 6.20 Å². The van der Waals surface area contributed by atoms with Gasteiger partial charge in [-0.2, -0.15) is 5.10 Å². The minimum absolute atomic E-state index is 0. The first-order chi connectivity index (χ1) is 8.66. The van der Waals surface area contributed by atoms with Crippen LogP contribution in [0.3, 0.4) is 0 Å². The van der Waals surface area contributed by atoms with Gasteiger partial charge in [-0.15, -0.1) is 12.4 Å². The zero-order chi connectivity index (χ0) is 12.7. The van der Waals surface area contributed by atoms with Gasteiger partial charge in [0.1, 0.15) is 0 Å². The molecule has 0 aliphatic carbocycles. The van der Waals surface area contributed by atoms with E-state index in [1.165, 1.54) is 6.42 Å². The maximum atomic E-state index is 12.5. The first-order valence-electron chi connectivity index (χ1n) is 6.68. The third kappa shape index (κ3) is 2.49. The van der Waals surface area contributed by atoms with Crippen molar-refractivity contribution in [2.75, 3.05) is 19.6 Å². The molecule has 1 N–H and O–H groups in total. The summed E-state index contributed by atoms with van der Waals surface area (Å²) >= 11 is 0. The Balaban J connectivity index is 0.00000133. The Morgan fingerprint density at radius 1 is 1.47 bits per heavy atom. The summed E-state index contributed by atoms with van der Waals surface area (Å²) in [6.07, 6.45) is 3.97. The topological polar surface area (TPSA) is 50.2 Å². The van der Waals surface area contributed by atoms with Gasteiger partial charge < -0.3 is 10.2 Å². The fourth-order valence-electron chi connectivity index (χ4n) is 3.11. The van der Waals surface area contributed by atoms with Crippen LogP contribution in [0.4, 0.5) is 0 Å². The fourth-order valence-corrected chi connectivity index (χ4v) is 3.11. The number of carbonyl (C=O) groups is 1. The van der Waals surface area contributed by atoms with Crippen molar-refractivity contribution in [1.82, 2.24) is 20.0 Å². The highest BCUT2D eigenvalue weighted by atomic mass is 35.5. The van der Waals surface area contributed by atoms with Gasteiger partial charge >= 0.3 is 0 Å². The van der Waals surface area contributed by atoms with E-state index in [1.54, 1.807) is 10.9 Å². The summed E-state index contributed by atoms with van der Waals surface area (Å²) in [5.74, 6) is 0.783. The van der Waals surface area contributed by atoms with E-state index < -0.39 is 0 Å². The predicted octanol–water partition coefficient (Wildman–Crippen LogP) is 0.974. The van der Waals surface area contributed by atoms with Crippen LogP contribution >= 0.6 is 12.4 Å². The van der Waals surface area contributed by atoms with Gasteiger partial charge in [0, 0.05) is 31.9 Å². The number of halogens is 1. The number of aromatic nitrogens is 2. The van der Waals surface area contributed by atoms with Crippen molar-refractivity contribution in [3.05, 3.63) is 17.5 Å². The van der Waals surface area contributed by atoms with Crippen LogP contribution in [-0.4, -0.2) is 46.3 Å². The summed E-state index contributed by atoms with van der Waals surface area (Å²) in [6, 6.07) is 0.629. The number of rotatable bonds is 1. The molecule has 6 heteroatoms. The SMILES string of the molecule is Cc1c(C(=O)N2CCC3NCCC3C2)cnn1C.Cl. The Bertz CT molecular complexity index is 473. The highest BCUT2D eigenvalue weighted by Gasteiger charge is 2.35. The molecule has 2 aliphatic rings. The molecule has 19 heavy (non-hydrogen) atoms. The highest BCUT2D eigenvalue weighted by Crippen LogP contribution is 2.25. The lowest BCUT2D eigenvalue weighted by Gasteiger charge is -2.34. The smallest absolute Gasteiger partial charge is 0.257 e. The minimum atomic E-state index is 0. The molecule has 3 rings (SSSR count). The minimum Gasteiger partial charge on any atom is -0.338 e. The van der Waals surface area contributed by atoms with Crippen molar-refractivity contribution < 1.29 is 4.79 Å². The third-order valence-electron chi connectivity index (χ3n) is 4.41. The number of carbonyl (C=O) groups excluding carboxylic acids is 1. The van der Waals surface area contributed by atoms with Gasteiger partial charge in [0.15, 0.2) is 0 Å². The van der Waals surface area contributed by atoms with Crippen LogP contribution in [0, 0.1) is 12.8 Å². The summed E-state index contributed by atoms with van der Waals surface area (Å²) in [5, 5.41) is 7.67. The van der Waals surface area contributed by atoms with Gasteiger partial charge in [0.2, 0.25) is 0 Å². The van der Waals surface area contributed by atoms with Crippen molar-refractivity contribution in [3.63, 3.8) is 0 Å². The lowest BCUT2D eigenvalue weighted by Crippen LogP contribution is -2.46. The van der Waals surface area contributed by atoms with Crippen LogP contribution < -0.4 is 5.32 Å². The molecule has 2 unspecified atom stereocenters. The predicted molar refractivity (Wildman–Crippen MR) is 75.6 cm³/mol. The Hall–Kier alpha value is -1.07. The Kier molecular flexibility index (Phi) is 4.16. The molecule has 1 aromatic rings. The first kappa shape index (κ1) is 14.3. The molecular weight excluding hydrogens is 264 g/mol. The third-order valence-corrected chi connectivity index (χ3v) is 4.41. The molecule has 0 radical (unpaired) electrons. The van der Waals surface area contributed by atoms with Crippen molar-refractivity contribution in [3.8, 4) is 0 Å². The molecule has 106 valence electrons. The Morgan fingerprint density at radius 3 is 2.95 bits per heavy atom. The molecule has 0 saturated carbocycles. The van der Waals surface area contributed by atoms with E-state index in [0.717, 1.165) is 37.3 Å². The fraction of sp³-hybridized carbons (Fsp3) is 0.692. The van der Waals surface area contributed by atoms with E-state index in [-0.39, 0.29) is 18.3 Å². The Morgan fingerprint density at radius 2 is 2.26 bits per heavy atom. The molecule has 0 aromatic carbocycles. The molecule has 0 spiro atoms. The normalized spacial score (nSPS) is 25.9. The highest BCUT2D eigenvalue weighted by molar-refractivity contribution is 5.95. The van der Waals surface area contributed by atoms with E-state index >= 15 is 0 Å². The standard InChI is InChI=1S/C13H20N4O.ClH/c1-9-11(7-15-16(9)2)13(18)17-6-4-12-10(8-17)3-5-14-12;/h7,10,12,14H,3-6,8H2,1-2H3;1H. The van der Waals surface area contributed by atoms with E-state index in [1.807, 2.05) is 18.9 Å². The molecule has 5 nitrogen and oxygen atoms in total. The number of amides is 1. The maximum Gasteiger partial charge on any atom is 0.257 e. The lowest BCUT2D eigenvalue weighted by atomic mass is 9.93. The van der Waals surface area contributed by atoms with E-state index in [9.17, 15) is 4.79 Å². The summed E-state index contributed by atoms with van der Waals surface area (Å²) in [6.45, 7) is 4.81. The molecule has 2 atom stereocenters. The Labute approximate surface area is 119 Å². The molecule has 1 amide bonds. The molecule has 1 aromatic heterocycles. The first-order valence-corrected chi connectivity index (χ1v) is 6.68. The quantitative estimate of drug-likeness (QED) is 0.836. The van der Waals surface area contributed by atoms with Gasteiger partial charge in [-0.3, -0.25) is 9.48 Å². The average Bonchev–Trinajstić information content (AvgIpc) is 2.96. The number of nitrogens with zero attached hydrogens (tertiary/aromatic N) is 3. The van der Waals surface area contributed by atoms with Gasteiger partial charge in [-0.25, -0.2) is 0 Å². The van der Waals surface area contributed by atoms with Crippen molar-refractivity contribution in [2.24, 2.45) is 13.0 Å². The van der Waals surface area contributed by atoms with Gasteiger partial charge in [0.05, 0.1) is 11.8 Å². The van der Waals surface area contributed by atoms with Gasteiger partial charge in [0.25, 0.3) is 5.91 Å². The molecule has 2 saturated heterocycles. The van der Waals surface area contributed by atoms with E-state index in [4.69, 9.17) is 0 Å². The van der Waals surface area contributed by atoms with Gasteiger partial charge in [-0.05, 0) is 32.2 Å². The number of aryl methyl sites for hydroxylation is 1. The molecule has 0 bridgehead atoms. The number of fused-ring (bicyclic) bond motifs is 1. The van der Waals surface area contributed by atoms with Crippen molar-refractivity contribution >= 4 is 18.3 Å². The van der Waals surface area contributed by atoms with Gasteiger partial charge in [-0.1, -0.05) is 0 Å². The summed E-state index contributed by atoms with van der Waals surface area (Å²) in [5.41, 5.74) is 1.70. The zero-order valence-electron chi connectivity index (χ0n) is 11.4. The van der Waals surface area contributed by atoms with Crippen LogP contribution in [-0.2, 0) is 7.05 Å². The number of nitrogens with one attached hydrogen (secondary N) is 1. The van der Waals surface area contributed by atoms with Crippen molar-refractivity contribution in [1.29, 1.82) is 0 Å². The second-order valence-electron chi connectivity index (χ2n) is 5.42. The number of piperidine rings is 1. The summed E-state index contributed by atoms with van der Waals surface area (Å²) < 4.78 is 1.76. The monoisotopic (exact) mass is 284 g/mol. The van der Waals surface area contributed by atoms with Crippen molar-refractivity contribution in [2.45, 2.75) is 25.8 Å². The molecule has 2 aliphatic heterocycles. The van der Waals surface area contributed by atoms with Crippen LogP contribution in [0.5, 0.6) is 0 Å². The molecule has 3 heterocycles. The van der Waals surface area contributed by atoms with Crippen LogP contribution in [0.25, 0.3) is 0 Å². The van der Waals surface area contributed by atoms with E-state index in [0.29, 0.717) is 12.0 Å². The number of hydrogen-bond acceptors (Lipinski definition) is 3. The largest absolute Gasteiger partial charge is 0.338 e. The number of likely N-dealkylation sites (tertiary alicyclic amines) is 1. The maximum absolute atomic E-state index is 12.5. The van der Waals surface area contributed by atoms with Crippen LogP contribution in [0.2, 0.25) is 0 Å². The number of hydrogen-bond donors (Lipinski definition) is 1. The second kappa shape index (κ2) is 5.51. The molecule has 2 fully saturated rings. The average molecular weight is 285 g/mol. The lowest BCUT2D eigenvalue weighted by molar-refractivity contribution is 0.0661. The second-order valence-corrected chi connectivity index (χ2v) is 5.42.